The summed E-state index contributed by atoms with van der Waals surface area (Å²) < 4.78 is 0. The molecule has 158 valence electrons. The molecule has 2 amide bonds. The van der Waals surface area contributed by atoms with E-state index in [1.54, 1.807) is 18.2 Å². The molecule has 6 N–H and O–H groups in total. The number of rotatable bonds is 6. The van der Waals surface area contributed by atoms with E-state index in [-0.39, 0.29) is 23.3 Å². The number of aromatic nitrogens is 1. The molecule has 8 nitrogen and oxygen atoms in total. The highest BCUT2D eigenvalue weighted by molar-refractivity contribution is 5.98. The van der Waals surface area contributed by atoms with E-state index in [2.05, 4.69) is 33.1 Å². The van der Waals surface area contributed by atoms with Gasteiger partial charge in [-0.1, -0.05) is 24.3 Å². The smallest absolute Gasteiger partial charge is 0.252 e. The van der Waals surface area contributed by atoms with E-state index in [0.717, 1.165) is 12.8 Å². The number of primary amides is 1. The SMILES string of the molecule is CC(=O)Nc1ccc(O)c(Nc2cc(NC3Cc4ccccc4C3)c(C(N)=O)cn2)c1. The van der Waals surface area contributed by atoms with Crippen molar-refractivity contribution in [3.05, 3.63) is 71.4 Å². The van der Waals surface area contributed by atoms with Crippen LogP contribution in [-0.2, 0) is 17.6 Å². The van der Waals surface area contributed by atoms with Crippen LogP contribution in [0.25, 0.3) is 0 Å². The molecule has 0 spiro atoms. The quantitative estimate of drug-likeness (QED) is 0.309. The van der Waals surface area contributed by atoms with E-state index in [1.807, 2.05) is 12.1 Å². The van der Waals surface area contributed by atoms with E-state index in [0.29, 0.717) is 22.9 Å². The molecule has 0 atom stereocenters. The van der Waals surface area contributed by atoms with Crippen molar-refractivity contribution in [2.75, 3.05) is 16.0 Å². The molecule has 0 radical (unpaired) electrons. The van der Waals surface area contributed by atoms with Crippen molar-refractivity contribution in [1.82, 2.24) is 4.98 Å². The van der Waals surface area contributed by atoms with Crippen LogP contribution < -0.4 is 21.7 Å². The first-order valence-electron chi connectivity index (χ1n) is 9.90. The van der Waals surface area contributed by atoms with Gasteiger partial charge in [-0.15, -0.1) is 0 Å². The van der Waals surface area contributed by atoms with Gasteiger partial charge in [0.1, 0.15) is 11.6 Å². The number of pyridine rings is 1. The van der Waals surface area contributed by atoms with Crippen molar-refractivity contribution in [3.8, 4) is 5.75 Å². The summed E-state index contributed by atoms with van der Waals surface area (Å²) >= 11 is 0. The number of nitrogens with two attached hydrogens (primary N) is 1. The average molecular weight is 417 g/mol. The fraction of sp³-hybridized carbons (Fsp3) is 0.174. The summed E-state index contributed by atoms with van der Waals surface area (Å²) in [7, 11) is 0. The number of phenolic OH excluding ortho intramolecular Hbond substituents is 1. The van der Waals surface area contributed by atoms with Crippen LogP contribution in [0.5, 0.6) is 5.75 Å². The fourth-order valence-electron chi connectivity index (χ4n) is 3.78. The van der Waals surface area contributed by atoms with Crippen LogP contribution in [0.3, 0.4) is 0 Å². The monoisotopic (exact) mass is 417 g/mol. The molecule has 0 aliphatic heterocycles. The molecule has 8 heteroatoms. The van der Waals surface area contributed by atoms with Crippen LogP contribution in [0.1, 0.15) is 28.4 Å². The minimum atomic E-state index is -0.576. The van der Waals surface area contributed by atoms with E-state index in [9.17, 15) is 14.7 Å². The summed E-state index contributed by atoms with van der Waals surface area (Å²) in [5.41, 5.74) is 9.87. The molecule has 1 aromatic heterocycles. The number of nitrogens with one attached hydrogen (secondary N) is 3. The molecule has 3 aromatic rings. The van der Waals surface area contributed by atoms with Gasteiger partial charge in [0.25, 0.3) is 5.91 Å². The summed E-state index contributed by atoms with van der Waals surface area (Å²) in [5, 5.41) is 19.3. The Bertz CT molecular complexity index is 1140. The number of nitrogens with zero attached hydrogens (tertiary/aromatic N) is 1. The Morgan fingerprint density at radius 1 is 1.06 bits per heavy atom. The Morgan fingerprint density at radius 2 is 1.77 bits per heavy atom. The standard InChI is InChI=1S/C23H23N5O3/c1-13(29)26-16-6-7-21(30)20(10-16)28-22-11-19(18(12-25-22)23(24)31)27-17-8-14-4-2-3-5-15(14)9-17/h2-7,10-12,17,30H,8-9H2,1H3,(H2,24,31)(H,26,29)(H2,25,27,28). The predicted molar refractivity (Wildman–Crippen MR) is 120 cm³/mol. The second kappa shape index (κ2) is 8.35. The third-order valence-electron chi connectivity index (χ3n) is 5.16. The van der Waals surface area contributed by atoms with Gasteiger partial charge in [-0.3, -0.25) is 9.59 Å². The van der Waals surface area contributed by atoms with Crippen molar-refractivity contribution in [3.63, 3.8) is 0 Å². The molecular weight excluding hydrogens is 394 g/mol. The minimum Gasteiger partial charge on any atom is -0.506 e. The molecular formula is C23H23N5O3. The van der Waals surface area contributed by atoms with Gasteiger partial charge in [0.2, 0.25) is 5.91 Å². The first-order valence-corrected chi connectivity index (χ1v) is 9.90. The number of hydrogen-bond acceptors (Lipinski definition) is 6. The maximum absolute atomic E-state index is 11.9. The van der Waals surface area contributed by atoms with Gasteiger partial charge in [-0.2, -0.15) is 0 Å². The lowest BCUT2D eigenvalue weighted by molar-refractivity contribution is -0.114. The number of anilines is 4. The first-order chi connectivity index (χ1) is 14.9. The summed E-state index contributed by atoms with van der Waals surface area (Å²) in [5.74, 6) is -0.383. The van der Waals surface area contributed by atoms with E-state index in [4.69, 9.17) is 5.73 Å². The Balaban J connectivity index is 1.58. The summed E-state index contributed by atoms with van der Waals surface area (Å²) in [4.78, 5) is 27.5. The van der Waals surface area contributed by atoms with Gasteiger partial charge in [-0.25, -0.2) is 4.98 Å². The molecule has 2 aromatic carbocycles. The molecule has 0 bridgehead atoms. The molecule has 0 saturated heterocycles. The number of benzene rings is 2. The Labute approximate surface area is 179 Å². The summed E-state index contributed by atoms with van der Waals surface area (Å²) in [6, 6.07) is 14.7. The van der Waals surface area contributed by atoms with Gasteiger partial charge in [0.15, 0.2) is 0 Å². The highest BCUT2D eigenvalue weighted by Gasteiger charge is 2.22. The molecule has 1 aliphatic rings. The van der Waals surface area contributed by atoms with Crippen LogP contribution in [-0.4, -0.2) is 27.9 Å². The molecule has 1 heterocycles. The zero-order valence-electron chi connectivity index (χ0n) is 17.0. The van der Waals surface area contributed by atoms with Gasteiger partial charge >= 0.3 is 0 Å². The van der Waals surface area contributed by atoms with Crippen molar-refractivity contribution in [1.29, 1.82) is 0 Å². The average Bonchev–Trinajstić information content (AvgIpc) is 3.12. The van der Waals surface area contributed by atoms with Gasteiger partial charge in [0.05, 0.1) is 16.9 Å². The number of phenols is 1. The van der Waals surface area contributed by atoms with E-state index in [1.165, 1.54) is 30.3 Å². The van der Waals surface area contributed by atoms with Crippen molar-refractivity contribution >= 4 is 34.7 Å². The maximum Gasteiger partial charge on any atom is 0.252 e. The molecule has 0 saturated carbocycles. The Morgan fingerprint density at radius 3 is 2.42 bits per heavy atom. The third-order valence-corrected chi connectivity index (χ3v) is 5.16. The van der Waals surface area contributed by atoms with Gasteiger partial charge in [0, 0.05) is 30.9 Å². The van der Waals surface area contributed by atoms with Crippen LogP contribution in [0.15, 0.2) is 54.7 Å². The van der Waals surface area contributed by atoms with Crippen LogP contribution >= 0.6 is 0 Å². The van der Waals surface area contributed by atoms with Crippen molar-refractivity contribution in [2.45, 2.75) is 25.8 Å². The minimum absolute atomic E-state index is 0.00404. The molecule has 31 heavy (non-hydrogen) atoms. The zero-order chi connectivity index (χ0) is 22.0. The van der Waals surface area contributed by atoms with E-state index >= 15 is 0 Å². The van der Waals surface area contributed by atoms with E-state index < -0.39 is 5.91 Å². The number of carbonyl (C=O) groups excluding carboxylic acids is 2. The molecule has 0 fully saturated rings. The van der Waals surface area contributed by atoms with Crippen LogP contribution in [0.2, 0.25) is 0 Å². The summed E-state index contributed by atoms with van der Waals surface area (Å²) in [6.45, 7) is 1.41. The first kappa shape index (κ1) is 20.2. The number of fused-ring (bicyclic) bond motifs is 1. The second-order valence-electron chi connectivity index (χ2n) is 7.54. The number of aromatic hydroxyl groups is 1. The highest BCUT2D eigenvalue weighted by Crippen LogP contribution is 2.31. The lowest BCUT2D eigenvalue weighted by Gasteiger charge is -2.17. The topological polar surface area (TPSA) is 129 Å². The third kappa shape index (κ3) is 4.58. The lowest BCUT2D eigenvalue weighted by Crippen LogP contribution is -2.23. The summed E-state index contributed by atoms with van der Waals surface area (Å²) in [6.07, 6.45) is 3.10. The van der Waals surface area contributed by atoms with Crippen molar-refractivity contribution in [2.24, 2.45) is 5.73 Å². The fourth-order valence-corrected chi connectivity index (χ4v) is 3.78. The van der Waals surface area contributed by atoms with Gasteiger partial charge < -0.3 is 26.8 Å². The van der Waals surface area contributed by atoms with Crippen LogP contribution in [0, 0.1) is 0 Å². The predicted octanol–water partition coefficient (Wildman–Crippen LogP) is 3.17. The van der Waals surface area contributed by atoms with Gasteiger partial charge in [-0.05, 0) is 42.2 Å². The lowest BCUT2D eigenvalue weighted by atomic mass is 10.1. The molecule has 1 aliphatic carbocycles. The zero-order valence-corrected chi connectivity index (χ0v) is 17.0. The largest absolute Gasteiger partial charge is 0.506 e. The number of carbonyl (C=O) groups is 2. The number of hydrogen-bond donors (Lipinski definition) is 5. The second-order valence-corrected chi connectivity index (χ2v) is 7.54. The maximum atomic E-state index is 11.9. The van der Waals surface area contributed by atoms with Crippen LogP contribution in [0.4, 0.5) is 22.9 Å². The molecule has 4 rings (SSSR count). The normalized spacial score (nSPS) is 12.8. The highest BCUT2D eigenvalue weighted by atomic mass is 16.3. The van der Waals surface area contributed by atoms with Crippen molar-refractivity contribution < 1.29 is 14.7 Å². The number of amides is 2. The Kier molecular flexibility index (Phi) is 5.44. The molecule has 0 unspecified atom stereocenters. The Hall–Kier alpha value is -4.07.